The second kappa shape index (κ2) is 6.59. The molecule has 3 aromatic rings. The van der Waals surface area contributed by atoms with E-state index in [-0.39, 0.29) is 12.1 Å². The van der Waals surface area contributed by atoms with Gasteiger partial charge in [0.2, 0.25) is 0 Å². The topological polar surface area (TPSA) is 92.5 Å². The Labute approximate surface area is 147 Å². The van der Waals surface area contributed by atoms with Crippen molar-refractivity contribution in [3.05, 3.63) is 47.5 Å². The third kappa shape index (κ3) is 3.50. The van der Waals surface area contributed by atoms with Crippen molar-refractivity contribution >= 4 is 33.5 Å². The zero-order chi connectivity index (χ0) is 18.1. The molecule has 0 aliphatic heterocycles. The largest absolute Gasteiger partial charge is 0.383 e. The molecule has 0 saturated heterocycles. The average Bonchev–Trinajstić information content (AvgIpc) is 2.90. The van der Waals surface area contributed by atoms with Crippen molar-refractivity contribution in [3.63, 3.8) is 0 Å². The van der Waals surface area contributed by atoms with Gasteiger partial charge in [-0.25, -0.2) is 0 Å². The molecule has 0 unspecified atom stereocenters. The van der Waals surface area contributed by atoms with Crippen molar-refractivity contribution in [2.75, 3.05) is 0 Å². The molecular formula is C20H25N5. The second-order valence-electron chi connectivity index (χ2n) is 6.86. The standard InChI is InChI=1S/C20H25N5/c1-11(2)23-19(21)13-5-7-15-16-8-6-14(20(22)24-12(3)4)10-18(16)25-17(15)9-13/h5-12,25H,1-4H3,(H2,21,23)(H2,22,24). The minimum atomic E-state index is 0.171. The van der Waals surface area contributed by atoms with Crippen LogP contribution >= 0.6 is 0 Å². The van der Waals surface area contributed by atoms with Crippen LogP contribution in [-0.2, 0) is 0 Å². The predicted molar refractivity (Wildman–Crippen MR) is 108 cm³/mol. The normalized spacial score (nSPS) is 13.5. The van der Waals surface area contributed by atoms with E-state index in [2.05, 4.69) is 27.1 Å². The molecule has 25 heavy (non-hydrogen) atoms. The van der Waals surface area contributed by atoms with Crippen LogP contribution in [0.5, 0.6) is 0 Å². The number of aliphatic imine (C=N–C) groups is 2. The van der Waals surface area contributed by atoms with Crippen LogP contribution < -0.4 is 11.5 Å². The molecule has 0 aliphatic carbocycles. The Kier molecular flexibility index (Phi) is 4.49. The number of nitrogens with zero attached hydrogens (tertiary/aromatic N) is 2. The number of hydrogen-bond acceptors (Lipinski definition) is 2. The van der Waals surface area contributed by atoms with Crippen LogP contribution in [0.3, 0.4) is 0 Å². The molecule has 2 aromatic carbocycles. The van der Waals surface area contributed by atoms with E-state index in [1.165, 1.54) is 0 Å². The van der Waals surface area contributed by atoms with Gasteiger partial charge in [-0.3, -0.25) is 9.98 Å². The van der Waals surface area contributed by atoms with Gasteiger partial charge in [0.05, 0.1) is 0 Å². The highest BCUT2D eigenvalue weighted by atomic mass is 14.9. The number of aromatic amines is 1. The summed E-state index contributed by atoms with van der Waals surface area (Å²) in [4.78, 5) is 12.3. The van der Waals surface area contributed by atoms with Crippen molar-refractivity contribution in [1.29, 1.82) is 0 Å². The quantitative estimate of drug-likeness (QED) is 0.502. The summed E-state index contributed by atoms with van der Waals surface area (Å²) >= 11 is 0. The number of rotatable bonds is 4. The Balaban J connectivity index is 2.09. The SMILES string of the molecule is CC(C)N=C(N)c1ccc2c(c1)[nH]c1cc(C(N)=NC(C)C)ccc12. The fourth-order valence-corrected chi connectivity index (χ4v) is 2.93. The number of fused-ring (bicyclic) bond motifs is 3. The summed E-state index contributed by atoms with van der Waals surface area (Å²) in [6.45, 7) is 8.05. The van der Waals surface area contributed by atoms with Crippen molar-refractivity contribution in [3.8, 4) is 0 Å². The molecule has 3 rings (SSSR count). The molecule has 130 valence electrons. The van der Waals surface area contributed by atoms with Crippen molar-refractivity contribution < 1.29 is 0 Å². The van der Waals surface area contributed by atoms with Crippen LogP contribution in [0.25, 0.3) is 21.8 Å². The first-order valence-corrected chi connectivity index (χ1v) is 8.58. The first-order chi connectivity index (χ1) is 11.8. The molecule has 0 saturated carbocycles. The van der Waals surface area contributed by atoms with Crippen LogP contribution in [-0.4, -0.2) is 28.7 Å². The monoisotopic (exact) mass is 335 g/mol. The minimum Gasteiger partial charge on any atom is -0.383 e. The maximum Gasteiger partial charge on any atom is 0.125 e. The van der Waals surface area contributed by atoms with Gasteiger partial charge in [0.25, 0.3) is 0 Å². The lowest BCUT2D eigenvalue weighted by atomic mass is 10.1. The molecule has 5 heteroatoms. The van der Waals surface area contributed by atoms with Gasteiger partial charge in [-0.05, 0) is 39.8 Å². The van der Waals surface area contributed by atoms with Gasteiger partial charge in [0.15, 0.2) is 0 Å². The second-order valence-corrected chi connectivity index (χ2v) is 6.86. The van der Waals surface area contributed by atoms with Crippen molar-refractivity contribution in [1.82, 2.24) is 4.98 Å². The number of nitrogens with two attached hydrogens (primary N) is 2. The average molecular weight is 335 g/mol. The first kappa shape index (κ1) is 17.0. The van der Waals surface area contributed by atoms with E-state index in [4.69, 9.17) is 11.5 Å². The van der Waals surface area contributed by atoms with Crippen LogP contribution in [0.1, 0.15) is 38.8 Å². The van der Waals surface area contributed by atoms with Gasteiger partial charge in [0.1, 0.15) is 11.7 Å². The number of nitrogens with one attached hydrogen (secondary N) is 1. The fourth-order valence-electron chi connectivity index (χ4n) is 2.93. The van der Waals surface area contributed by atoms with Gasteiger partial charge in [-0.1, -0.05) is 24.3 Å². The van der Waals surface area contributed by atoms with E-state index in [0.717, 1.165) is 32.9 Å². The van der Waals surface area contributed by atoms with E-state index >= 15 is 0 Å². The Bertz CT molecular complexity index is 898. The molecule has 0 bridgehead atoms. The van der Waals surface area contributed by atoms with Crippen molar-refractivity contribution in [2.45, 2.75) is 39.8 Å². The van der Waals surface area contributed by atoms with Crippen LogP contribution in [0, 0.1) is 0 Å². The number of H-pyrrole nitrogens is 1. The summed E-state index contributed by atoms with van der Waals surface area (Å²) in [7, 11) is 0. The number of amidine groups is 2. The van der Waals surface area contributed by atoms with Crippen LogP contribution in [0.2, 0.25) is 0 Å². The third-order valence-corrected chi connectivity index (χ3v) is 3.98. The summed E-state index contributed by atoms with van der Waals surface area (Å²) in [5.74, 6) is 1.12. The summed E-state index contributed by atoms with van der Waals surface area (Å²) < 4.78 is 0. The zero-order valence-electron chi connectivity index (χ0n) is 15.2. The Hall–Kier alpha value is -2.82. The summed E-state index contributed by atoms with van der Waals surface area (Å²) in [5, 5.41) is 2.31. The fraction of sp³-hybridized carbons (Fsp3) is 0.300. The number of benzene rings is 2. The molecule has 1 heterocycles. The minimum absolute atomic E-state index is 0.171. The van der Waals surface area contributed by atoms with E-state index in [0.29, 0.717) is 11.7 Å². The van der Waals surface area contributed by atoms with Crippen molar-refractivity contribution in [2.24, 2.45) is 21.5 Å². The molecule has 5 nitrogen and oxygen atoms in total. The molecule has 0 radical (unpaired) electrons. The maximum atomic E-state index is 6.10. The summed E-state index contributed by atoms with van der Waals surface area (Å²) in [5.41, 5.74) is 16.1. The Morgan fingerprint density at radius 1 is 0.760 bits per heavy atom. The van der Waals surface area contributed by atoms with Crippen LogP contribution in [0.4, 0.5) is 0 Å². The molecule has 0 amide bonds. The Morgan fingerprint density at radius 3 is 1.52 bits per heavy atom. The van der Waals surface area contributed by atoms with E-state index < -0.39 is 0 Å². The molecule has 0 aliphatic rings. The van der Waals surface area contributed by atoms with Crippen LogP contribution in [0.15, 0.2) is 46.4 Å². The van der Waals surface area contributed by atoms with Gasteiger partial charge >= 0.3 is 0 Å². The number of aromatic nitrogens is 1. The summed E-state index contributed by atoms with van der Waals surface area (Å²) in [6, 6.07) is 12.6. The van der Waals surface area contributed by atoms with E-state index in [1.807, 2.05) is 52.0 Å². The van der Waals surface area contributed by atoms with Gasteiger partial charge < -0.3 is 16.5 Å². The maximum absolute atomic E-state index is 6.10. The first-order valence-electron chi connectivity index (χ1n) is 8.58. The molecular weight excluding hydrogens is 310 g/mol. The smallest absolute Gasteiger partial charge is 0.125 e. The molecule has 1 aromatic heterocycles. The van der Waals surface area contributed by atoms with E-state index in [9.17, 15) is 0 Å². The highest BCUT2D eigenvalue weighted by molar-refractivity contribution is 6.11. The third-order valence-electron chi connectivity index (χ3n) is 3.98. The predicted octanol–water partition coefficient (Wildman–Crippen LogP) is 3.55. The molecule has 0 spiro atoms. The van der Waals surface area contributed by atoms with Gasteiger partial charge in [-0.2, -0.15) is 0 Å². The highest BCUT2D eigenvalue weighted by Crippen LogP contribution is 2.27. The zero-order valence-corrected chi connectivity index (χ0v) is 15.2. The molecule has 0 atom stereocenters. The summed E-state index contributed by atoms with van der Waals surface area (Å²) in [6.07, 6.45) is 0. The molecule has 5 N–H and O–H groups in total. The number of hydrogen-bond donors (Lipinski definition) is 3. The van der Waals surface area contributed by atoms with Gasteiger partial charge in [0, 0.05) is 45.0 Å². The Morgan fingerprint density at radius 2 is 1.16 bits per heavy atom. The molecule has 0 fully saturated rings. The lowest BCUT2D eigenvalue weighted by Crippen LogP contribution is -2.15. The van der Waals surface area contributed by atoms with Gasteiger partial charge in [-0.15, -0.1) is 0 Å². The highest BCUT2D eigenvalue weighted by Gasteiger charge is 2.09. The lowest BCUT2D eigenvalue weighted by Gasteiger charge is -2.04. The lowest BCUT2D eigenvalue weighted by molar-refractivity contribution is 0.834. The van der Waals surface area contributed by atoms with E-state index in [1.54, 1.807) is 0 Å².